The highest BCUT2D eigenvalue weighted by Gasteiger charge is 2.13. The van der Waals surface area contributed by atoms with Crippen LogP contribution < -0.4 is 0 Å². The van der Waals surface area contributed by atoms with Crippen LogP contribution in [0.4, 0.5) is 8.78 Å². The van der Waals surface area contributed by atoms with Crippen molar-refractivity contribution >= 4 is 11.0 Å². The molecule has 0 aliphatic rings. The van der Waals surface area contributed by atoms with Crippen LogP contribution in [0.15, 0.2) is 18.3 Å². The first-order valence-electron chi connectivity index (χ1n) is 5.40. The van der Waals surface area contributed by atoms with Gasteiger partial charge in [-0.3, -0.25) is 4.68 Å². The van der Waals surface area contributed by atoms with Crippen molar-refractivity contribution in [2.75, 3.05) is 0 Å². The third-order valence-corrected chi connectivity index (χ3v) is 3.01. The van der Waals surface area contributed by atoms with Crippen molar-refractivity contribution in [2.45, 2.75) is 6.92 Å². The highest BCUT2D eigenvalue weighted by Crippen LogP contribution is 2.24. The number of H-pyrrole nitrogens is 1. The molecule has 0 radical (unpaired) electrons. The first kappa shape index (κ1) is 10.9. The van der Waals surface area contributed by atoms with Crippen LogP contribution in [0, 0.1) is 18.6 Å². The number of aryl methyl sites for hydroxylation is 1. The van der Waals surface area contributed by atoms with Crippen molar-refractivity contribution in [3.05, 3.63) is 35.7 Å². The van der Waals surface area contributed by atoms with Gasteiger partial charge in [-0.1, -0.05) is 0 Å². The summed E-state index contributed by atoms with van der Waals surface area (Å²) >= 11 is 0. The molecular formula is C12H10F2N4. The van der Waals surface area contributed by atoms with E-state index in [-0.39, 0.29) is 0 Å². The predicted octanol–water partition coefficient (Wildman–Crippen LogP) is 2.55. The van der Waals surface area contributed by atoms with Crippen molar-refractivity contribution in [2.24, 2.45) is 7.05 Å². The Morgan fingerprint density at radius 2 is 1.94 bits per heavy atom. The summed E-state index contributed by atoms with van der Waals surface area (Å²) in [4.78, 5) is 7.21. The molecule has 0 atom stereocenters. The standard InChI is InChI=1S/C12H10F2N4/c1-6-7(5-15-18(6)2)12-16-10-3-8(13)9(14)4-11(10)17-12/h3-5H,1-2H3,(H,16,17). The smallest absolute Gasteiger partial charge is 0.161 e. The normalized spacial score (nSPS) is 11.3. The number of aromatic nitrogens is 4. The van der Waals surface area contributed by atoms with Gasteiger partial charge in [0, 0.05) is 24.9 Å². The molecule has 0 amide bonds. The van der Waals surface area contributed by atoms with Crippen molar-refractivity contribution in [3.8, 4) is 11.4 Å². The molecule has 6 heteroatoms. The van der Waals surface area contributed by atoms with Gasteiger partial charge in [-0.2, -0.15) is 5.10 Å². The van der Waals surface area contributed by atoms with Gasteiger partial charge in [-0.05, 0) is 6.92 Å². The van der Waals surface area contributed by atoms with Crippen molar-refractivity contribution in [3.63, 3.8) is 0 Å². The molecule has 4 nitrogen and oxygen atoms in total. The first-order valence-corrected chi connectivity index (χ1v) is 5.40. The number of benzene rings is 1. The second-order valence-corrected chi connectivity index (χ2v) is 4.14. The second kappa shape index (κ2) is 3.63. The van der Waals surface area contributed by atoms with E-state index in [4.69, 9.17) is 0 Å². The fourth-order valence-corrected chi connectivity index (χ4v) is 1.86. The number of halogens is 2. The quantitative estimate of drug-likeness (QED) is 0.719. The van der Waals surface area contributed by atoms with Crippen LogP contribution >= 0.6 is 0 Å². The predicted molar refractivity (Wildman–Crippen MR) is 62.9 cm³/mol. The zero-order chi connectivity index (χ0) is 12.9. The summed E-state index contributed by atoms with van der Waals surface area (Å²) in [5.74, 6) is -1.23. The number of rotatable bonds is 1. The van der Waals surface area contributed by atoms with Gasteiger partial charge in [0.1, 0.15) is 5.82 Å². The Labute approximate surface area is 101 Å². The molecule has 3 aromatic rings. The van der Waals surface area contributed by atoms with Crippen LogP contribution in [0.1, 0.15) is 5.69 Å². The van der Waals surface area contributed by atoms with E-state index in [1.807, 2.05) is 14.0 Å². The third-order valence-electron chi connectivity index (χ3n) is 3.01. The molecule has 0 fully saturated rings. The fourth-order valence-electron chi connectivity index (χ4n) is 1.86. The number of hydrogen-bond donors (Lipinski definition) is 1. The Kier molecular flexibility index (Phi) is 2.19. The lowest BCUT2D eigenvalue weighted by Crippen LogP contribution is -1.92. The summed E-state index contributed by atoms with van der Waals surface area (Å²) in [6, 6.07) is 2.18. The fraction of sp³-hybridized carbons (Fsp3) is 0.167. The number of aromatic amines is 1. The van der Waals surface area contributed by atoms with E-state index < -0.39 is 11.6 Å². The molecule has 2 heterocycles. The molecule has 92 valence electrons. The Balaban J connectivity index is 2.22. The highest BCUT2D eigenvalue weighted by molar-refractivity contribution is 5.79. The van der Waals surface area contributed by atoms with Gasteiger partial charge in [0.05, 0.1) is 22.8 Å². The Morgan fingerprint density at radius 1 is 1.22 bits per heavy atom. The molecule has 1 N–H and O–H groups in total. The molecule has 2 aromatic heterocycles. The van der Waals surface area contributed by atoms with Crippen molar-refractivity contribution in [1.29, 1.82) is 0 Å². The Bertz CT molecular complexity index is 703. The molecule has 0 spiro atoms. The SMILES string of the molecule is Cc1c(-c2nc3cc(F)c(F)cc3[nH]2)cnn1C. The van der Waals surface area contributed by atoms with Gasteiger partial charge < -0.3 is 4.98 Å². The zero-order valence-electron chi connectivity index (χ0n) is 9.83. The minimum atomic E-state index is -0.900. The molecular weight excluding hydrogens is 238 g/mol. The number of nitrogens with one attached hydrogen (secondary N) is 1. The lowest BCUT2D eigenvalue weighted by molar-refractivity contribution is 0.510. The van der Waals surface area contributed by atoms with Gasteiger partial charge in [-0.25, -0.2) is 13.8 Å². The lowest BCUT2D eigenvalue weighted by Gasteiger charge is -1.95. The molecule has 0 saturated carbocycles. The number of fused-ring (bicyclic) bond motifs is 1. The summed E-state index contributed by atoms with van der Waals surface area (Å²) < 4.78 is 27.9. The van der Waals surface area contributed by atoms with Gasteiger partial charge >= 0.3 is 0 Å². The summed E-state index contributed by atoms with van der Waals surface area (Å²) in [6.07, 6.45) is 1.67. The zero-order valence-corrected chi connectivity index (χ0v) is 9.83. The van der Waals surface area contributed by atoms with E-state index >= 15 is 0 Å². The van der Waals surface area contributed by atoms with E-state index in [0.29, 0.717) is 16.9 Å². The maximum Gasteiger partial charge on any atom is 0.161 e. The van der Waals surface area contributed by atoms with E-state index in [2.05, 4.69) is 15.1 Å². The van der Waals surface area contributed by atoms with Gasteiger partial charge in [0.25, 0.3) is 0 Å². The number of imidazole rings is 1. The maximum atomic E-state index is 13.1. The van der Waals surface area contributed by atoms with Crippen molar-refractivity contribution < 1.29 is 8.78 Å². The number of nitrogens with zero attached hydrogens (tertiary/aromatic N) is 3. The van der Waals surface area contributed by atoms with Gasteiger partial charge in [-0.15, -0.1) is 0 Å². The van der Waals surface area contributed by atoms with Crippen LogP contribution in [-0.2, 0) is 7.05 Å². The molecule has 0 unspecified atom stereocenters. The monoisotopic (exact) mass is 248 g/mol. The highest BCUT2D eigenvalue weighted by atomic mass is 19.2. The minimum absolute atomic E-state index is 0.396. The van der Waals surface area contributed by atoms with Crippen LogP contribution in [0.3, 0.4) is 0 Å². The Hall–Kier alpha value is -2.24. The molecule has 0 aliphatic heterocycles. The molecule has 0 saturated heterocycles. The second-order valence-electron chi connectivity index (χ2n) is 4.14. The van der Waals surface area contributed by atoms with Crippen molar-refractivity contribution in [1.82, 2.24) is 19.7 Å². The molecule has 0 bridgehead atoms. The van der Waals surface area contributed by atoms with Crippen LogP contribution in [0.2, 0.25) is 0 Å². The summed E-state index contributed by atoms with van der Waals surface area (Å²) in [7, 11) is 1.82. The van der Waals surface area contributed by atoms with E-state index in [9.17, 15) is 8.78 Å². The summed E-state index contributed by atoms with van der Waals surface area (Å²) in [6.45, 7) is 1.90. The summed E-state index contributed by atoms with van der Waals surface area (Å²) in [5.41, 5.74) is 2.60. The largest absolute Gasteiger partial charge is 0.338 e. The van der Waals surface area contributed by atoms with E-state index in [1.165, 1.54) is 0 Å². The third kappa shape index (κ3) is 1.49. The Morgan fingerprint density at radius 3 is 2.61 bits per heavy atom. The minimum Gasteiger partial charge on any atom is -0.338 e. The van der Waals surface area contributed by atoms with Crippen LogP contribution in [0.25, 0.3) is 22.4 Å². The molecule has 18 heavy (non-hydrogen) atoms. The first-order chi connectivity index (χ1) is 8.56. The average molecular weight is 248 g/mol. The van der Waals surface area contributed by atoms with E-state index in [1.54, 1.807) is 10.9 Å². The van der Waals surface area contributed by atoms with Gasteiger partial charge in [0.15, 0.2) is 11.6 Å². The topological polar surface area (TPSA) is 46.5 Å². The molecule has 1 aromatic carbocycles. The summed E-state index contributed by atoms with van der Waals surface area (Å²) in [5, 5.41) is 4.11. The van der Waals surface area contributed by atoms with Crippen LogP contribution in [-0.4, -0.2) is 19.7 Å². The molecule has 0 aliphatic carbocycles. The van der Waals surface area contributed by atoms with Gasteiger partial charge in [0.2, 0.25) is 0 Å². The lowest BCUT2D eigenvalue weighted by atomic mass is 10.2. The van der Waals surface area contributed by atoms with E-state index in [0.717, 1.165) is 23.4 Å². The molecule has 3 rings (SSSR count). The maximum absolute atomic E-state index is 13.1. The number of hydrogen-bond acceptors (Lipinski definition) is 2. The van der Waals surface area contributed by atoms with Crippen LogP contribution in [0.5, 0.6) is 0 Å². The average Bonchev–Trinajstić information content (AvgIpc) is 2.85.